The van der Waals surface area contributed by atoms with Crippen molar-refractivity contribution in [1.29, 1.82) is 0 Å². The molecule has 6 nitrogen and oxygen atoms in total. The summed E-state index contributed by atoms with van der Waals surface area (Å²) in [6.45, 7) is 1.44. The van der Waals surface area contributed by atoms with E-state index < -0.39 is 0 Å². The standard InChI is InChI=1S/C22H25NO5/c1-27-22(26)17-9-11-23(12-10-17)21(25)14-18-13-19(24)7-8-20(18)28-15-16-5-3-2-4-6-16/h2-8,13,17,24H,9-12,14-15H2,1H3. The highest BCUT2D eigenvalue weighted by Crippen LogP contribution is 2.26. The quantitative estimate of drug-likeness (QED) is 0.776. The Hall–Kier alpha value is -3.02. The summed E-state index contributed by atoms with van der Waals surface area (Å²) in [5.41, 5.74) is 1.67. The zero-order chi connectivity index (χ0) is 19.9. The predicted octanol–water partition coefficient (Wildman–Crippen LogP) is 2.93. The second-order valence-corrected chi connectivity index (χ2v) is 6.92. The maximum Gasteiger partial charge on any atom is 0.308 e. The van der Waals surface area contributed by atoms with E-state index in [1.165, 1.54) is 7.11 Å². The molecule has 0 spiro atoms. The zero-order valence-electron chi connectivity index (χ0n) is 16.0. The summed E-state index contributed by atoms with van der Waals surface area (Å²) in [7, 11) is 1.39. The number of piperidine rings is 1. The second-order valence-electron chi connectivity index (χ2n) is 6.92. The first kappa shape index (κ1) is 19.7. The van der Waals surface area contributed by atoms with E-state index in [0.717, 1.165) is 5.56 Å². The number of esters is 1. The normalized spacial score (nSPS) is 14.5. The Morgan fingerprint density at radius 3 is 2.50 bits per heavy atom. The number of phenols is 1. The molecule has 3 rings (SSSR count). The maximum absolute atomic E-state index is 12.7. The first-order valence-corrected chi connectivity index (χ1v) is 9.41. The minimum absolute atomic E-state index is 0.0431. The molecule has 1 aliphatic rings. The van der Waals surface area contributed by atoms with Crippen LogP contribution in [0.1, 0.15) is 24.0 Å². The number of amides is 1. The van der Waals surface area contributed by atoms with Gasteiger partial charge < -0.3 is 19.5 Å². The molecule has 1 fully saturated rings. The van der Waals surface area contributed by atoms with Crippen LogP contribution >= 0.6 is 0 Å². The molecule has 0 aromatic heterocycles. The topological polar surface area (TPSA) is 76.1 Å². The van der Waals surface area contributed by atoms with Crippen LogP contribution in [0.3, 0.4) is 0 Å². The SMILES string of the molecule is COC(=O)C1CCN(C(=O)Cc2cc(O)ccc2OCc2ccccc2)CC1. The highest BCUT2D eigenvalue weighted by molar-refractivity contribution is 5.80. The van der Waals surface area contributed by atoms with E-state index in [0.29, 0.717) is 43.9 Å². The van der Waals surface area contributed by atoms with Crippen molar-refractivity contribution in [3.05, 3.63) is 59.7 Å². The van der Waals surface area contributed by atoms with Gasteiger partial charge in [-0.3, -0.25) is 9.59 Å². The largest absolute Gasteiger partial charge is 0.508 e. The van der Waals surface area contributed by atoms with Gasteiger partial charge in [-0.1, -0.05) is 30.3 Å². The van der Waals surface area contributed by atoms with Crippen molar-refractivity contribution in [3.8, 4) is 11.5 Å². The van der Waals surface area contributed by atoms with E-state index in [1.807, 2.05) is 30.3 Å². The van der Waals surface area contributed by atoms with Gasteiger partial charge in [-0.2, -0.15) is 0 Å². The van der Waals surface area contributed by atoms with Gasteiger partial charge in [-0.25, -0.2) is 0 Å². The molecular formula is C22H25NO5. The molecule has 1 heterocycles. The van der Waals surface area contributed by atoms with Crippen LogP contribution in [0, 0.1) is 5.92 Å². The van der Waals surface area contributed by atoms with Gasteiger partial charge in [-0.15, -0.1) is 0 Å². The van der Waals surface area contributed by atoms with Crippen molar-refractivity contribution in [3.63, 3.8) is 0 Å². The summed E-state index contributed by atoms with van der Waals surface area (Å²) >= 11 is 0. The second kappa shape index (κ2) is 9.26. The highest BCUT2D eigenvalue weighted by atomic mass is 16.5. The van der Waals surface area contributed by atoms with Crippen molar-refractivity contribution in [2.24, 2.45) is 5.92 Å². The third kappa shape index (κ3) is 5.03. The van der Waals surface area contributed by atoms with Crippen LogP contribution in [0.4, 0.5) is 0 Å². The zero-order valence-corrected chi connectivity index (χ0v) is 16.0. The Labute approximate surface area is 164 Å². The number of ether oxygens (including phenoxy) is 2. The molecule has 0 saturated carbocycles. The minimum Gasteiger partial charge on any atom is -0.508 e. The van der Waals surface area contributed by atoms with Gasteiger partial charge in [0.15, 0.2) is 0 Å². The monoisotopic (exact) mass is 383 g/mol. The lowest BCUT2D eigenvalue weighted by Gasteiger charge is -2.31. The summed E-state index contributed by atoms with van der Waals surface area (Å²) in [4.78, 5) is 26.1. The Kier molecular flexibility index (Phi) is 6.53. The molecule has 1 saturated heterocycles. The molecule has 0 unspecified atom stereocenters. The number of phenolic OH excluding ortho intramolecular Hbond substituents is 1. The summed E-state index contributed by atoms with van der Waals surface area (Å²) < 4.78 is 10.7. The van der Waals surface area contributed by atoms with Gasteiger partial charge >= 0.3 is 5.97 Å². The molecule has 0 bridgehead atoms. The predicted molar refractivity (Wildman–Crippen MR) is 104 cm³/mol. The Morgan fingerprint density at radius 1 is 1.11 bits per heavy atom. The fraction of sp³-hybridized carbons (Fsp3) is 0.364. The summed E-state index contributed by atoms with van der Waals surface area (Å²) in [5, 5.41) is 9.84. The van der Waals surface area contributed by atoms with E-state index in [-0.39, 0.29) is 30.0 Å². The first-order chi connectivity index (χ1) is 13.6. The van der Waals surface area contributed by atoms with Crippen molar-refractivity contribution < 1.29 is 24.2 Å². The third-order valence-corrected chi connectivity index (χ3v) is 5.01. The van der Waals surface area contributed by atoms with E-state index in [4.69, 9.17) is 9.47 Å². The van der Waals surface area contributed by atoms with E-state index in [9.17, 15) is 14.7 Å². The fourth-order valence-electron chi connectivity index (χ4n) is 3.39. The number of nitrogens with zero attached hydrogens (tertiary/aromatic N) is 1. The lowest BCUT2D eigenvalue weighted by atomic mass is 9.96. The number of likely N-dealkylation sites (tertiary alicyclic amines) is 1. The van der Waals surface area contributed by atoms with Gasteiger partial charge in [0, 0.05) is 18.7 Å². The summed E-state index contributed by atoms with van der Waals surface area (Å²) in [6, 6.07) is 14.6. The van der Waals surface area contributed by atoms with Crippen LogP contribution in [-0.4, -0.2) is 42.1 Å². The van der Waals surface area contributed by atoms with Crippen LogP contribution in [0.15, 0.2) is 48.5 Å². The lowest BCUT2D eigenvalue weighted by molar-refractivity contribution is -0.148. The summed E-state index contributed by atoms with van der Waals surface area (Å²) in [5.74, 6) is 0.286. The highest BCUT2D eigenvalue weighted by Gasteiger charge is 2.28. The third-order valence-electron chi connectivity index (χ3n) is 5.01. The molecule has 1 aliphatic heterocycles. The van der Waals surface area contributed by atoms with Crippen LogP contribution < -0.4 is 4.74 Å². The van der Waals surface area contributed by atoms with E-state index in [1.54, 1.807) is 23.1 Å². The maximum atomic E-state index is 12.7. The van der Waals surface area contributed by atoms with Crippen LogP contribution in [0.25, 0.3) is 0 Å². The average Bonchev–Trinajstić information content (AvgIpc) is 2.73. The summed E-state index contributed by atoms with van der Waals surface area (Å²) in [6.07, 6.45) is 1.35. The smallest absolute Gasteiger partial charge is 0.308 e. The van der Waals surface area contributed by atoms with Crippen molar-refractivity contribution in [2.45, 2.75) is 25.9 Å². The number of methoxy groups -OCH3 is 1. The van der Waals surface area contributed by atoms with E-state index in [2.05, 4.69) is 0 Å². The average molecular weight is 383 g/mol. The Morgan fingerprint density at radius 2 is 1.82 bits per heavy atom. The molecule has 148 valence electrons. The molecule has 28 heavy (non-hydrogen) atoms. The van der Waals surface area contributed by atoms with Gasteiger partial charge in [0.05, 0.1) is 19.4 Å². The number of hydrogen-bond acceptors (Lipinski definition) is 5. The minimum atomic E-state index is -0.211. The first-order valence-electron chi connectivity index (χ1n) is 9.41. The van der Waals surface area contributed by atoms with E-state index >= 15 is 0 Å². The molecule has 0 radical (unpaired) electrons. The lowest BCUT2D eigenvalue weighted by Crippen LogP contribution is -2.41. The Balaban J connectivity index is 1.62. The Bertz CT molecular complexity index is 813. The molecule has 0 atom stereocenters. The van der Waals surface area contributed by atoms with Crippen molar-refractivity contribution in [1.82, 2.24) is 4.90 Å². The van der Waals surface area contributed by atoms with Crippen LogP contribution in [0.2, 0.25) is 0 Å². The molecule has 6 heteroatoms. The van der Waals surface area contributed by atoms with Gasteiger partial charge in [0.1, 0.15) is 18.1 Å². The number of carbonyl (C=O) groups is 2. The molecule has 2 aromatic rings. The number of benzene rings is 2. The van der Waals surface area contributed by atoms with Gasteiger partial charge in [0.25, 0.3) is 0 Å². The molecular weight excluding hydrogens is 358 g/mol. The van der Waals surface area contributed by atoms with Crippen molar-refractivity contribution in [2.75, 3.05) is 20.2 Å². The molecule has 0 aliphatic carbocycles. The van der Waals surface area contributed by atoms with Crippen LogP contribution in [0.5, 0.6) is 11.5 Å². The number of aromatic hydroxyl groups is 1. The van der Waals surface area contributed by atoms with Crippen molar-refractivity contribution >= 4 is 11.9 Å². The fourth-order valence-corrected chi connectivity index (χ4v) is 3.39. The van der Waals surface area contributed by atoms with Gasteiger partial charge in [-0.05, 0) is 36.6 Å². The number of hydrogen-bond donors (Lipinski definition) is 1. The molecule has 1 N–H and O–H groups in total. The van der Waals surface area contributed by atoms with Crippen LogP contribution in [-0.2, 0) is 27.4 Å². The number of rotatable bonds is 6. The molecule has 2 aromatic carbocycles. The van der Waals surface area contributed by atoms with Gasteiger partial charge in [0.2, 0.25) is 5.91 Å². The molecule has 1 amide bonds. The number of carbonyl (C=O) groups excluding carboxylic acids is 2.